The second-order valence-electron chi connectivity index (χ2n) is 6.46. The predicted octanol–water partition coefficient (Wildman–Crippen LogP) is 4.32. The minimum absolute atomic E-state index is 0. The molecule has 3 rings (SSSR count). The fourth-order valence-corrected chi connectivity index (χ4v) is 2.71. The molecule has 0 atom stereocenters. The molecular weight excluding hydrogens is 493 g/mol. The number of guanidine groups is 1. The number of rotatable bonds is 8. The van der Waals surface area contributed by atoms with E-state index >= 15 is 0 Å². The van der Waals surface area contributed by atoms with Crippen LogP contribution in [0.1, 0.15) is 30.7 Å². The summed E-state index contributed by atoms with van der Waals surface area (Å²) in [4.78, 5) is 13.5. The quantitative estimate of drug-likeness (QED) is 0.261. The molecule has 30 heavy (non-hydrogen) atoms. The Morgan fingerprint density at radius 1 is 1.13 bits per heavy atom. The molecule has 0 fully saturated rings. The number of aromatic nitrogens is 2. The van der Waals surface area contributed by atoms with Gasteiger partial charge in [-0.15, -0.1) is 24.0 Å². The lowest BCUT2D eigenvalue weighted by Crippen LogP contribution is -2.36. The Bertz CT molecular complexity index is 941. The Morgan fingerprint density at radius 2 is 1.93 bits per heavy atom. The maximum atomic E-state index is 5.62. The molecule has 2 heterocycles. The molecule has 0 bridgehead atoms. The van der Waals surface area contributed by atoms with Crippen LogP contribution in [0, 0.1) is 6.92 Å². The first-order valence-electron chi connectivity index (χ1n) is 9.80. The average molecular weight is 521 g/mol. The standard InChI is InChI=1S/C22H27N5O2.HI/c1-4-23-22(25-13-18-7-6-12-24-20(18)28-5-2)26-14-19-15-29-21(27-19)17-10-8-16(3)9-11-17;/h6-12,15H,4-5,13-14H2,1-3H3,(H2,23,25,26);1H. The molecule has 0 saturated carbocycles. The van der Waals surface area contributed by atoms with E-state index in [1.54, 1.807) is 12.5 Å². The fraction of sp³-hybridized carbons (Fsp3) is 0.318. The third kappa shape index (κ3) is 6.72. The van der Waals surface area contributed by atoms with Gasteiger partial charge in [-0.05, 0) is 39.0 Å². The van der Waals surface area contributed by atoms with Crippen LogP contribution in [0.15, 0.2) is 58.3 Å². The van der Waals surface area contributed by atoms with E-state index in [0.29, 0.717) is 37.4 Å². The van der Waals surface area contributed by atoms with Crippen molar-refractivity contribution in [2.24, 2.45) is 4.99 Å². The number of halogens is 1. The van der Waals surface area contributed by atoms with E-state index in [2.05, 4.69) is 32.5 Å². The molecule has 3 aromatic rings. The second-order valence-corrected chi connectivity index (χ2v) is 6.46. The number of nitrogens with one attached hydrogen (secondary N) is 2. The van der Waals surface area contributed by atoms with Gasteiger partial charge in [-0.25, -0.2) is 15.0 Å². The van der Waals surface area contributed by atoms with E-state index in [9.17, 15) is 0 Å². The van der Waals surface area contributed by atoms with Crippen molar-refractivity contribution >= 4 is 29.9 Å². The summed E-state index contributed by atoms with van der Waals surface area (Å²) >= 11 is 0. The SMILES string of the molecule is CCNC(=NCc1cccnc1OCC)NCc1coc(-c2ccc(C)cc2)n1.I. The molecule has 0 aliphatic heterocycles. The fourth-order valence-electron chi connectivity index (χ4n) is 2.71. The number of benzene rings is 1. The van der Waals surface area contributed by atoms with Crippen LogP contribution >= 0.6 is 24.0 Å². The number of oxazole rings is 1. The van der Waals surface area contributed by atoms with Crippen LogP contribution in [-0.4, -0.2) is 29.1 Å². The smallest absolute Gasteiger partial charge is 0.226 e. The third-order valence-electron chi connectivity index (χ3n) is 4.17. The summed E-state index contributed by atoms with van der Waals surface area (Å²) in [5.41, 5.74) is 3.91. The lowest BCUT2D eigenvalue weighted by Gasteiger charge is -2.11. The van der Waals surface area contributed by atoms with Gasteiger partial charge in [0, 0.05) is 23.9 Å². The van der Waals surface area contributed by atoms with E-state index in [1.807, 2.05) is 50.2 Å². The van der Waals surface area contributed by atoms with E-state index in [4.69, 9.17) is 9.15 Å². The van der Waals surface area contributed by atoms with Crippen LogP contribution in [0.3, 0.4) is 0 Å². The second kappa shape index (κ2) is 12.2. The van der Waals surface area contributed by atoms with Crippen molar-refractivity contribution in [1.29, 1.82) is 0 Å². The van der Waals surface area contributed by atoms with Gasteiger partial charge in [0.2, 0.25) is 11.8 Å². The zero-order valence-electron chi connectivity index (χ0n) is 17.5. The lowest BCUT2D eigenvalue weighted by atomic mass is 10.1. The molecule has 2 aromatic heterocycles. The Balaban J connectivity index is 0.00000320. The number of aryl methyl sites for hydroxylation is 1. The number of pyridine rings is 1. The molecule has 1 aromatic carbocycles. The topological polar surface area (TPSA) is 84.6 Å². The molecule has 0 spiro atoms. The summed E-state index contributed by atoms with van der Waals surface area (Å²) < 4.78 is 11.2. The maximum absolute atomic E-state index is 5.62. The molecule has 8 heteroatoms. The number of nitrogens with zero attached hydrogens (tertiary/aromatic N) is 3. The van der Waals surface area contributed by atoms with Crippen LogP contribution < -0.4 is 15.4 Å². The van der Waals surface area contributed by atoms with Gasteiger partial charge in [-0.2, -0.15) is 0 Å². The molecule has 0 unspecified atom stereocenters. The highest BCUT2D eigenvalue weighted by molar-refractivity contribution is 14.0. The summed E-state index contributed by atoms with van der Waals surface area (Å²) in [6, 6.07) is 12.0. The minimum Gasteiger partial charge on any atom is -0.478 e. The minimum atomic E-state index is 0. The van der Waals surface area contributed by atoms with Crippen LogP contribution in [-0.2, 0) is 13.1 Å². The van der Waals surface area contributed by atoms with Crippen molar-refractivity contribution < 1.29 is 9.15 Å². The van der Waals surface area contributed by atoms with Crippen LogP contribution in [0.2, 0.25) is 0 Å². The molecule has 0 radical (unpaired) electrons. The molecule has 160 valence electrons. The molecule has 0 amide bonds. The van der Waals surface area contributed by atoms with Crippen LogP contribution in [0.5, 0.6) is 5.88 Å². The molecule has 7 nitrogen and oxygen atoms in total. The lowest BCUT2D eigenvalue weighted by molar-refractivity contribution is 0.323. The van der Waals surface area contributed by atoms with Crippen molar-refractivity contribution in [3.63, 3.8) is 0 Å². The van der Waals surface area contributed by atoms with Crippen molar-refractivity contribution in [2.75, 3.05) is 13.2 Å². The molecule has 0 saturated heterocycles. The first-order valence-corrected chi connectivity index (χ1v) is 9.80. The van der Waals surface area contributed by atoms with Crippen molar-refractivity contribution in [2.45, 2.75) is 33.9 Å². The van der Waals surface area contributed by atoms with E-state index in [1.165, 1.54) is 5.56 Å². The summed E-state index contributed by atoms with van der Waals surface area (Å²) in [7, 11) is 0. The third-order valence-corrected chi connectivity index (χ3v) is 4.17. The van der Waals surface area contributed by atoms with Crippen molar-refractivity contribution in [3.8, 4) is 17.3 Å². The van der Waals surface area contributed by atoms with Gasteiger partial charge in [0.05, 0.1) is 25.4 Å². The number of hydrogen-bond acceptors (Lipinski definition) is 5. The zero-order chi connectivity index (χ0) is 20.5. The summed E-state index contributed by atoms with van der Waals surface area (Å²) in [5.74, 6) is 1.92. The van der Waals surface area contributed by atoms with Gasteiger partial charge in [-0.3, -0.25) is 0 Å². The molecule has 0 aliphatic rings. The molecular formula is C22H28IN5O2. The summed E-state index contributed by atoms with van der Waals surface area (Å²) in [5, 5.41) is 6.53. The average Bonchev–Trinajstić information content (AvgIpc) is 3.21. The monoisotopic (exact) mass is 521 g/mol. The maximum Gasteiger partial charge on any atom is 0.226 e. The van der Waals surface area contributed by atoms with Gasteiger partial charge < -0.3 is 19.8 Å². The summed E-state index contributed by atoms with van der Waals surface area (Å²) in [6.45, 7) is 8.32. The van der Waals surface area contributed by atoms with Crippen molar-refractivity contribution in [1.82, 2.24) is 20.6 Å². The van der Waals surface area contributed by atoms with E-state index in [-0.39, 0.29) is 24.0 Å². The molecule has 0 aliphatic carbocycles. The van der Waals surface area contributed by atoms with Gasteiger partial charge in [0.15, 0.2) is 5.96 Å². The Morgan fingerprint density at radius 3 is 2.67 bits per heavy atom. The number of ether oxygens (including phenoxy) is 1. The van der Waals surface area contributed by atoms with E-state index in [0.717, 1.165) is 23.4 Å². The highest BCUT2D eigenvalue weighted by atomic mass is 127. The Hall–Kier alpha value is -2.62. The zero-order valence-corrected chi connectivity index (χ0v) is 19.8. The summed E-state index contributed by atoms with van der Waals surface area (Å²) in [6.07, 6.45) is 3.39. The van der Waals surface area contributed by atoms with Gasteiger partial charge in [0.1, 0.15) is 6.26 Å². The van der Waals surface area contributed by atoms with Crippen molar-refractivity contribution in [3.05, 3.63) is 65.7 Å². The van der Waals surface area contributed by atoms with E-state index < -0.39 is 0 Å². The highest BCUT2D eigenvalue weighted by Crippen LogP contribution is 2.19. The first-order chi connectivity index (χ1) is 14.2. The Labute approximate surface area is 194 Å². The largest absolute Gasteiger partial charge is 0.478 e. The normalized spacial score (nSPS) is 11.0. The van der Waals surface area contributed by atoms with Gasteiger partial charge in [-0.1, -0.05) is 23.8 Å². The van der Waals surface area contributed by atoms with Gasteiger partial charge in [0.25, 0.3) is 0 Å². The van der Waals surface area contributed by atoms with Crippen LogP contribution in [0.4, 0.5) is 0 Å². The first kappa shape index (κ1) is 23.7. The number of hydrogen-bond donors (Lipinski definition) is 2. The number of aliphatic imine (C=N–C) groups is 1. The predicted molar refractivity (Wildman–Crippen MR) is 129 cm³/mol. The highest BCUT2D eigenvalue weighted by Gasteiger charge is 2.08. The van der Waals surface area contributed by atoms with Gasteiger partial charge >= 0.3 is 0 Å². The molecule has 2 N–H and O–H groups in total. The Kier molecular flexibility index (Phi) is 9.59. The van der Waals surface area contributed by atoms with Crippen LogP contribution in [0.25, 0.3) is 11.5 Å².